The number of anilines is 4. The second kappa shape index (κ2) is 12.9. The molecule has 0 fully saturated rings. The topological polar surface area (TPSA) is 119 Å². The third-order valence-corrected chi connectivity index (χ3v) is 5.78. The summed E-state index contributed by atoms with van der Waals surface area (Å²) in [4.78, 5) is 13.3. The molecule has 4 rings (SSSR count). The second-order valence-corrected chi connectivity index (χ2v) is 9.14. The van der Waals surface area contributed by atoms with Crippen LogP contribution in [-0.4, -0.2) is 34.9 Å². The fraction of sp³-hybridized carbons (Fsp3) is 0.120. The first-order chi connectivity index (χ1) is 18.0. The second-order valence-electron chi connectivity index (χ2n) is 7.37. The average Bonchev–Trinajstić information content (AvgIpc) is 3.41. The van der Waals surface area contributed by atoms with E-state index in [4.69, 9.17) is 13.9 Å². The fourth-order valence-electron chi connectivity index (χ4n) is 3.07. The molecule has 0 radical (unpaired) electrons. The van der Waals surface area contributed by atoms with Crippen LogP contribution in [0.3, 0.4) is 0 Å². The van der Waals surface area contributed by atoms with Crippen molar-refractivity contribution >= 4 is 61.6 Å². The maximum absolute atomic E-state index is 5.78. The van der Waals surface area contributed by atoms with Crippen LogP contribution >= 0.6 is 31.9 Å². The minimum atomic E-state index is 0.229. The summed E-state index contributed by atoms with van der Waals surface area (Å²) in [6.45, 7) is 4.45. The van der Waals surface area contributed by atoms with Crippen molar-refractivity contribution in [1.29, 1.82) is 0 Å². The zero-order chi connectivity index (χ0) is 26.0. The van der Waals surface area contributed by atoms with Gasteiger partial charge in [0.1, 0.15) is 23.9 Å². The first kappa shape index (κ1) is 26.2. The van der Waals surface area contributed by atoms with E-state index in [1.165, 1.54) is 0 Å². The molecule has 0 aliphatic rings. The number of rotatable bonds is 12. The van der Waals surface area contributed by atoms with E-state index in [1.54, 1.807) is 25.7 Å². The maximum atomic E-state index is 5.78. The lowest BCUT2D eigenvalue weighted by Gasteiger charge is -2.11. The zero-order valence-electron chi connectivity index (χ0n) is 19.7. The van der Waals surface area contributed by atoms with Gasteiger partial charge in [-0.25, -0.2) is 5.43 Å². The van der Waals surface area contributed by atoms with Crippen LogP contribution in [0.25, 0.3) is 0 Å². The summed E-state index contributed by atoms with van der Waals surface area (Å²) in [5.74, 6) is 3.00. The highest BCUT2D eigenvalue weighted by Crippen LogP contribution is 2.32. The van der Waals surface area contributed by atoms with Gasteiger partial charge in [0, 0.05) is 15.7 Å². The van der Waals surface area contributed by atoms with Gasteiger partial charge in [-0.15, -0.1) is 0 Å². The Morgan fingerprint density at radius 1 is 1.05 bits per heavy atom. The van der Waals surface area contributed by atoms with Crippen molar-refractivity contribution in [1.82, 2.24) is 15.0 Å². The van der Waals surface area contributed by atoms with E-state index in [-0.39, 0.29) is 5.95 Å². The van der Waals surface area contributed by atoms with Gasteiger partial charge in [0.25, 0.3) is 0 Å². The molecule has 0 saturated heterocycles. The van der Waals surface area contributed by atoms with Crippen molar-refractivity contribution in [3.63, 3.8) is 0 Å². The SMILES string of the molecule is C=CCOc1c(Br)cc(Br)cc1/C=N/Nc1nc(NCc2ccco2)nc(Nc2ccc(OC)cc2)n1. The van der Waals surface area contributed by atoms with Gasteiger partial charge in [0.05, 0.1) is 30.6 Å². The van der Waals surface area contributed by atoms with Crippen molar-refractivity contribution in [3.8, 4) is 11.5 Å². The molecule has 190 valence electrons. The molecular formula is C25H23Br2N7O3. The molecule has 0 bridgehead atoms. The number of hydrazone groups is 1. The lowest BCUT2D eigenvalue weighted by Crippen LogP contribution is -2.09. The Hall–Kier alpha value is -3.90. The number of hydrogen-bond donors (Lipinski definition) is 3. The highest BCUT2D eigenvalue weighted by Gasteiger charge is 2.10. The molecule has 0 unspecified atom stereocenters. The summed E-state index contributed by atoms with van der Waals surface area (Å²) >= 11 is 7.01. The highest BCUT2D eigenvalue weighted by atomic mass is 79.9. The molecule has 12 heteroatoms. The van der Waals surface area contributed by atoms with E-state index in [2.05, 4.69) is 74.6 Å². The number of ether oxygens (including phenoxy) is 2. The molecule has 3 N–H and O–H groups in total. The number of nitrogens with zero attached hydrogens (tertiary/aromatic N) is 4. The molecule has 0 spiro atoms. The third-order valence-electron chi connectivity index (χ3n) is 4.73. The van der Waals surface area contributed by atoms with Gasteiger partial charge in [-0.2, -0.15) is 20.1 Å². The minimum absolute atomic E-state index is 0.229. The van der Waals surface area contributed by atoms with Crippen LogP contribution in [-0.2, 0) is 6.54 Å². The van der Waals surface area contributed by atoms with Gasteiger partial charge in [-0.05, 0) is 64.5 Å². The highest BCUT2D eigenvalue weighted by molar-refractivity contribution is 9.11. The molecule has 0 saturated carbocycles. The molecule has 2 aromatic heterocycles. The summed E-state index contributed by atoms with van der Waals surface area (Å²) in [6.07, 6.45) is 4.90. The number of aromatic nitrogens is 3. The molecule has 0 amide bonds. The van der Waals surface area contributed by atoms with Gasteiger partial charge in [0.2, 0.25) is 17.8 Å². The average molecular weight is 629 g/mol. The summed E-state index contributed by atoms with van der Waals surface area (Å²) in [6, 6.07) is 14.8. The van der Waals surface area contributed by atoms with Gasteiger partial charge < -0.3 is 24.5 Å². The number of benzene rings is 2. The van der Waals surface area contributed by atoms with Crippen molar-refractivity contribution in [2.45, 2.75) is 6.54 Å². The Kier molecular flexibility index (Phi) is 9.11. The molecule has 0 aliphatic carbocycles. The smallest absolute Gasteiger partial charge is 0.250 e. The summed E-state index contributed by atoms with van der Waals surface area (Å²) in [7, 11) is 1.62. The lowest BCUT2D eigenvalue weighted by atomic mass is 10.2. The lowest BCUT2D eigenvalue weighted by molar-refractivity contribution is 0.360. The van der Waals surface area contributed by atoms with Gasteiger partial charge in [-0.3, -0.25) is 0 Å². The van der Waals surface area contributed by atoms with Crippen LogP contribution in [0.4, 0.5) is 23.5 Å². The Balaban J connectivity index is 1.56. The monoisotopic (exact) mass is 627 g/mol. The van der Waals surface area contributed by atoms with Crippen LogP contribution in [0, 0.1) is 0 Å². The Bertz CT molecular complexity index is 1360. The summed E-state index contributed by atoms with van der Waals surface area (Å²) in [5, 5.41) is 10.6. The first-order valence-electron chi connectivity index (χ1n) is 11.0. The summed E-state index contributed by atoms with van der Waals surface area (Å²) < 4.78 is 18.0. The number of methoxy groups -OCH3 is 1. The standard InChI is InChI=1S/C25H23Br2N7O3/c1-3-10-37-22-16(12-17(26)13-21(22)27)14-29-34-25-32-23(28-15-20-5-4-11-36-20)31-24(33-25)30-18-6-8-19(35-2)9-7-18/h3-9,11-14H,1,10,15H2,2H3,(H3,28,30,31,32,33,34)/b29-14+. The van der Waals surface area contributed by atoms with Crippen LogP contribution in [0.1, 0.15) is 11.3 Å². The third kappa shape index (κ3) is 7.54. The van der Waals surface area contributed by atoms with Gasteiger partial charge >= 0.3 is 0 Å². The quantitative estimate of drug-likeness (QED) is 0.0934. The molecular weight excluding hydrogens is 606 g/mol. The molecule has 0 atom stereocenters. The Morgan fingerprint density at radius 2 is 1.84 bits per heavy atom. The van der Waals surface area contributed by atoms with Crippen LogP contribution in [0.5, 0.6) is 11.5 Å². The molecule has 4 aromatic rings. The largest absolute Gasteiger partial charge is 0.497 e. The van der Waals surface area contributed by atoms with Crippen molar-refractivity contribution in [3.05, 3.63) is 87.7 Å². The van der Waals surface area contributed by atoms with Crippen molar-refractivity contribution < 1.29 is 13.9 Å². The Morgan fingerprint density at radius 3 is 2.57 bits per heavy atom. The van der Waals surface area contributed by atoms with E-state index in [1.807, 2.05) is 48.5 Å². The molecule has 10 nitrogen and oxygen atoms in total. The molecule has 0 aliphatic heterocycles. The number of nitrogens with one attached hydrogen (secondary N) is 3. The number of halogens is 2. The van der Waals surface area contributed by atoms with Crippen molar-refractivity contribution in [2.24, 2.45) is 5.10 Å². The predicted molar refractivity (Wildman–Crippen MR) is 151 cm³/mol. The maximum Gasteiger partial charge on any atom is 0.250 e. The van der Waals surface area contributed by atoms with Crippen molar-refractivity contribution in [2.75, 3.05) is 29.8 Å². The molecule has 2 heterocycles. The first-order valence-corrected chi connectivity index (χ1v) is 12.6. The van der Waals surface area contributed by atoms with E-state index in [0.717, 1.165) is 31.7 Å². The van der Waals surface area contributed by atoms with Gasteiger partial charge in [-0.1, -0.05) is 28.6 Å². The van der Waals surface area contributed by atoms with E-state index >= 15 is 0 Å². The minimum Gasteiger partial charge on any atom is -0.497 e. The van der Waals surface area contributed by atoms with E-state index in [9.17, 15) is 0 Å². The summed E-state index contributed by atoms with van der Waals surface area (Å²) in [5.41, 5.74) is 4.38. The zero-order valence-corrected chi connectivity index (χ0v) is 22.9. The molecule has 37 heavy (non-hydrogen) atoms. The van der Waals surface area contributed by atoms with Gasteiger partial charge in [0.15, 0.2) is 0 Å². The van der Waals surface area contributed by atoms with Crippen LogP contribution in [0.2, 0.25) is 0 Å². The fourth-order valence-corrected chi connectivity index (χ4v) is 4.45. The van der Waals surface area contributed by atoms with E-state index in [0.29, 0.717) is 30.8 Å². The van der Waals surface area contributed by atoms with Crippen LogP contribution in [0.15, 0.2) is 85.9 Å². The number of hydrogen-bond acceptors (Lipinski definition) is 10. The van der Waals surface area contributed by atoms with E-state index < -0.39 is 0 Å². The molecule has 2 aromatic carbocycles. The van der Waals surface area contributed by atoms with Crippen LogP contribution < -0.4 is 25.5 Å². The number of furan rings is 1. The predicted octanol–water partition coefficient (Wildman–Crippen LogP) is 6.36. The Labute approximate surface area is 230 Å². The normalized spacial score (nSPS) is 10.8.